The number of anilines is 2. The molecular weight excluding hydrogens is 280 g/mol. The first-order chi connectivity index (χ1) is 10.1. The molecular formula is C17H18N2OS. The van der Waals surface area contributed by atoms with Gasteiger partial charge in [-0.1, -0.05) is 24.3 Å². The van der Waals surface area contributed by atoms with E-state index in [1.165, 1.54) is 11.1 Å². The highest BCUT2D eigenvalue weighted by Gasteiger charge is 2.16. The van der Waals surface area contributed by atoms with Gasteiger partial charge in [0.15, 0.2) is 0 Å². The molecule has 0 fully saturated rings. The first-order valence-corrected chi connectivity index (χ1v) is 8.01. The Kier molecular flexibility index (Phi) is 3.88. The van der Waals surface area contributed by atoms with E-state index in [4.69, 9.17) is 0 Å². The van der Waals surface area contributed by atoms with Gasteiger partial charge in [0.2, 0.25) is 5.91 Å². The quantitative estimate of drug-likeness (QED) is 0.891. The lowest BCUT2D eigenvalue weighted by atomic mass is 10.0. The van der Waals surface area contributed by atoms with Crippen LogP contribution in [-0.4, -0.2) is 11.7 Å². The Morgan fingerprint density at radius 3 is 2.86 bits per heavy atom. The first-order valence-electron chi connectivity index (χ1n) is 7.02. The lowest BCUT2D eigenvalue weighted by molar-refractivity contribution is -0.113. The summed E-state index contributed by atoms with van der Waals surface area (Å²) in [5, 5.41) is 6.43. The Balaban J connectivity index is 1.81. The highest BCUT2D eigenvalue weighted by molar-refractivity contribution is 8.00. The van der Waals surface area contributed by atoms with Crippen LogP contribution in [0, 0.1) is 6.92 Å². The second kappa shape index (κ2) is 5.82. The SMILES string of the molecule is Cc1ccccc1C(C)Nc1ccc2c(c1)NC(=O)CS2. The van der Waals surface area contributed by atoms with Crippen molar-refractivity contribution in [1.82, 2.24) is 0 Å². The van der Waals surface area contributed by atoms with Crippen molar-refractivity contribution in [1.29, 1.82) is 0 Å². The van der Waals surface area contributed by atoms with Crippen LogP contribution in [0.4, 0.5) is 11.4 Å². The maximum absolute atomic E-state index is 11.5. The van der Waals surface area contributed by atoms with Crippen molar-refractivity contribution in [3.05, 3.63) is 53.6 Å². The molecule has 1 aliphatic heterocycles. The number of hydrogen-bond donors (Lipinski definition) is 2. The molecule has 0 aliphatic carbocycles. The Hall–Kier alpha value is -1.94. The molecule has 1 heterocycles. The van der Waals surface area contributed by atoms with Crippen LogP contribution in [-0.2, 0) is 4.79 Å². The normalized spacial score (nSPS) is 15.0. The molecule has 2 aromatic rings. The summed E-state index contributed by atoms with van der Waals surface area (Å²) < 4.78 is 0. The molecule has 1 atom stereocenters. The zero-order valence-electron chi connectivity index (χ0n) is 12.1. The molecule has 108 valence electrons. The Labute approximate surface area is 129 Å². The van der Waals surface area contributed by atoms with Crippen LogP contribution in [0.15, 0.2) is 47.4 Å². The average molecular weight is 298 g/mol. The molecule has 0 spiro atoms. The van der Waals surface area contributed by atoms with E-state index in [1.54, 1.807) is 11.8 Å². The minimum Gasteiger partial charge on any atom is -0.378 e. The van der Waals surface area contributed by atoms with E-state index < -0.39 is 0 Å². The molecule has 21 heavy (non-hydrogen) atoms. The molecule has 1 aliphatic rings. The molecule has 0 saturated carbocycles. The molecule has 3 rings (SSSR count). The third kappa shape index (κ3) is 3.05. The van der Waals surface area contributed by atoms with E-state index in [-0.39, 0.29) is 11.9 Å². The van der Waals surface area contributed by atoms with Gasteiger partial charge in [-0.3, -0.25) is 4.79 Å². The summed E-state index contributed by atoms with van der Waals surface area (Å²) in [6, 6.07) is 14.7. The van der Waals surface area contributed by atoms with Gasteiger partial charge < -0.3 is 10.6 Å². The third-order valence-corrected chi connectivity index (χ3v) is 4.72. The standard InChI is InChI=1S/C17H18N2OS/c1-11-5-3-4-6-14(11)12(2)18-13-7-8-16-15(9-13)19-17(20)10-21-16/h3-9,12,18H,10H2,1-2H3,(H,19,20). The lowest BCUT2D eigenvalue weighted by Gasteiger charge is -2.21. The monoisotopic (exact) mass is 298 g/mol. The van der Waals surface area contributed by atoms with Gasteiger partial charge in [-0.15, -0.1) is 11.8 Å². The van der Waals surface area contributed by atoms with Gasteiger partial charge in [-0.05, 0) is 43.2 Å². The summed E-state index contributed by atoms with van der Waals surface area (Å²) in [5.41, 5.74) is 4.48. The van der Waals surface area contributed by atoms with Crippen molar-refractivity contribution in [3.8, 4) is 0 Å². The zero-order chi connectivity index (χ0) is 14.8. The van der Waals surface area contributed by atoms with Crippen LogP contribution in [0.3, 0.4) is 0 Å². The van der Waals surface area contributed by atoms with E-state index >= 15 is 0 Å². The van der Waals surface area contributed by atoms with E-state index in [1.807, 2.05) is 6.07 Å². The summed E-state index contributed by atoms with van der Waals surface area (Å²) in [4.78, 5) is 12.6. The lowest BCUT2D eigenvalue weighted by Crippen LogP contribution is -2.18. The Morgan fingerprint density at radius 2 is 2.05 bits per heavy atom. The summed E-state index contributed by atoms with van der Waals surface area (Å²) in [5.74, 6) is 0.566. The van der Waals surface area contributed by atoms with E-state index in [0.29, 0.717) is 5.75 Å². The fraction of sp³-hybridized carbons (Fsp3) is 0.235. The van der Waals surface area contributed by atoms with Crippen LogP contribution in [0.2, 0.25) is 0 Å². The maximum atomic E-state index is 11.5. The minimum absolute atomic E-state index is 0.0663. The minimum atomic E-state index is 0.0663. The van der Waals surface area contributed by atoms with Gasteiger partial charge in [-0.25, -0.2) is 0 Å². The smallest absolute Gasteiger partial charge is 0.234 e. The van der Waals surface area contributed by atoms with Crippen LogP contribution in [0.5, 0.6) is 0 Å². The highest BCUT2D eigenvalue weighted by Crippen LogP contribution is 2.34. The topological polar surface area (TPSA) is 41.1 Å². The molecule has 0 radical (unpaired) electrons. The zero-order valence-corrected chi connectivity index (χ0v) is 13.0. The number of carbonyl (C=O) groups excluding carboxylic acids is 1. The van der Waals surface area contributed by atoms with Gasteiger partial charge in [0.25, 0.3) is 0 Å². The molecule has 0 aromatic heterocycles. The number of hydrogen-bond acceptors (Lipinski definition) is 3. The number of thioether (sulfide) groups is 1. The maximum Gasteiger partial charge on any atom is 0.234 e. The molecule has 0 bridgehead atoms. The number of benzene rings is 2. The Bertz CT molecular complexity index is 684. The molecule has 1 amide bonds. The first kappa shape index (κ1) is 14.0. The predicted molar refractivity (Wildman–Crippen MR) is 89.0 cm³/mol. The Morgan fingerprint density at radius 1 is 1.24 bits per heavy atom. The number of amides is 1. The van der Waals surface area contributed by atoms with Crippen molar-refractivity contribution in [2.75, 3.05) is 16.4 Å². The fourth-order valence-electron chi connectivity index (χ4n) is 2.57. The number of carbonyl (C=O) groups is 1. The van der Waals surface area contributed by atoms with Crippen LogP contribution < -0.4 is 10.6 Å². The van der Waals surface area contributed by atoms with Gasteiger partial charge in [-0.2, -0.15) is 0 Å². The summed E-state index contributed by atoms with van der Waals surface area (Å²) in [6.07, 6.45) is 0. The molecule has 2 aromatic carbocycles. The van der Waals surface area contributed by atoms with Crippen molar-refractivity contribution in [3.63, 3.8) is 0 Å². The summed E-state index contributed by atoms with van der Waals surface area (Å²) >= 11 is 1.58. The summed E-state index contributed by atoms with van der Waals surface area (Å²) in [7, 11) is 0. The van der Waals surface area contributed by atoms with Crippen LogP contribution in [0.1, 0.15) is 24.1 Å². The van der Waals surface area contributed by atoms with Gasteiger partial charge in [0.1, 0.15) is 0 Å². The van der Waals surface area contributed by atoms with Gasteiger partial charge >= 0.3 is 0 Å². The molecule has 2 N–H and O–H groups in total. The van der Waals surface area contributed by atoms with Gasteiger partial charge in [0.05, 0.1) is 11.4 Å². The molecule has 0 saturated heterocycles. The van der Waals surface area contributed by atoms with Crippen LogP contribution in [0.25, 0.3) is 0 Å². The predicted octanol–water partition coefficient (Wildman–Crippen LogP) is 4.21. The van der Waals surface area contributed by atoms with Crippen LogP contribution >= 0.6 is 11.8 Å². The second-order valence-electron chi connectivity index (χ2n) is 5.27. The van der Waals surface area contributed by atoms with Crippen molar-refractivity contribution in [2.24, 2.45) is 0 Å². The highest BCUT2D eigenvalue weighted by atomic mass is 32.2. The van der Waals surface area contributed by atoms with Gasteiger partial charge in [0, 0.05) is 16.6 Å². The number of aryl methyl sites for hydroxylation is 1. The molecule has 1 unspecified atom stereocenters. The molecule has 3 nitrogen and oxygen atoms in total. The third-order valence-electron chi connectivity index (χ3n) is 3.65. The van der Waals surface area contributed by atoms with Crippen molar-refractivity contribution in [2.45, 2.75) is 24.8 Å². The largest absolute Gasteiger partial charge is 0.378 e. The van der Waals surface area contributed by atoms with E-state index in [0.717, 1.165) is 16.3 Å². The van der Waals surface area contributed by atoms with E-state index in [9.17, 15) is 4.79 Å². The van der Waals surface area contributed by atoms with E-state index in [2.05, 4.69) is 60.9 Å². The van der Waals surface area contributed by atoms with Crippen molar-refractivity contribution < 1.29 is 4.79 Å². The number of rotatable bonds is 3. The fourth-order valence-corrected chi connectivity index (χ4v) is 3.36. The average Bonchev–Trinajstić information content (AvgIpc) is 2.47. The number of nitrogens with one attached hydrogen (secondary N) is 2. The molecule has 4 heteroatoms. The summed E-state index contributed by atoms with van der Waals surface area (Å²) in [6.45, 7) is 4.27. The van der Waals surface area contributed by atoms with Crippen molar-refractivity contribution >= 4 is 29.0 Å². The number of fused-ring (bicyclic) bond motifs is 1. The second-order valence-corrected chi connectivity index (χ2v) is 6.29.